The molecule has 0 aliphatic carbocycles. The van der Waals surface area contributed by atoms with Crippen molar-refractivity contribution in [2.75, 3.05) is 6.61 Å². The zero-order valence-electron chi connectivity index (χ0n) is 11.5. The molecular formula is C16H13NO5. The maximum atomic E-state index is 12.2. The van der Waals surface area contributed by atoms with Crippen LogP contribution in [-0.2, 0) is 0 Å². The van der Waals surface area contributed by atoms with Crippen molar-refractivity contribution in [2.45, 2.75) is 6.04 Å². The van der Waals surface area contributed by atoms with Crippen LogP contribution in [-0.4, -0.2) is 17.6 Å². The zero-order valence-corrected chi connectivity index (χ0v) is 11.5. The van der Waals surface area contributed by atoms with Gasteiger partial charge in [0.25, 0.3) is 5.91 Å². The van der Waals surface area contributed by atoms with E-state index in [0.717, 1.165) is 6.07 Å². The highest BCUT2D eigenvalue weighted by molar-refractivity contribution is 5.93. The number of carbonyl (C=O) groups excluding carboxylic acids is 1. The van der Waals surface area contributed by atoms with Crippen LogP contribution in [0.5, 0.6) is 0 Å². The summed E-state index contributed by atoms with van der Waals surface area (Å²) >= 11 is 0. The summed E-state index contributed by atoms with van der Waals surface area (Å²) in [5.41, 5.74) is 0.0317. The number of para-hydroxylation sites is 1. The Morgan fingerprint density at radius 3 is 2.77 bits per heavy atom. The Bertz CT molecular complexity index is 850. The Morgan fingerprint density at radius 1 is 1.23 bits per heavy atom. The number of furan rings is 1. The summed E-state index contributed by atoms with van der Waals surface area (Å²) in [4.78, 5) is 24.2. The molecular weight excluding hydrogens is 286 g/mol. The van der Waals surface area contributed by atoms with E-state index in [2.05, 4.69) is 5.32 Å². The standard InChI is InChI=1S/C16H13NO5/c18-9-11(14-6-3-7-21-14)17-16(20)15-8-12(19)10-4-1-2-5-13(10)22-15/h1-8,11,18H,9H2,(H,17,20). The van der Waals surface area contributed by atoms with Crippen molar-refractivity contribution in [1.82, 2.24) is 5.32 Å². The van der Waals surface area contributed by atoms with Gasteiger partial charge in [-0.25, -0.2) is 0 Å². The molecule has 0 saturated carbocycles. The van der Waals surface area contributed by atoms with Crippen LogP contribution in [0, 0.1) is 0 Å². The van der Waals surface area contributed by atoms with Crippen molar-refractivity contribution < 1.29 is 18.7 Å². The highest BCUT2D eigenvalue weighted by Gasteiger charge is 2.19. The predicted octanol–water partition coefficient (Wildman–Crippen LogP) is 1.85. The number of carbonyl (C=O) groups is 1. The molecule has 1 atom stereocenters. The van der Waals surface area contributed by atoms with Crippen molar-refractivity contribution in [3.05, 3.63) is 70.5 Å². The number of rotatable bonds is 4. The summed E-state index contributed by atoms with van der Waals surface area (Å²) in [5, 5.41) is 12.3. The van der Waals surface area contributed by atoms with Crippen molar-refractivity contribution in [3.63, 3.8) is 0 Å². The Balaban J connectivity index is 1.90. The minimum atomic E-state index is -0.709. The molecule has 22 heavy (non-hydrogen) atoms. The average Bonchev–Trinajstić information content (AvgIpc) is 3.06. The quantitative estimate of drug-likeness (QED) is 0.767. The third-order valence-electron chi connectivity index (χ3n) is 3.23. The van der Waals surface area contributed by atoms with Gasteiger partial charge in [-0.2, -0.15) is 0 Å². The van der Waals surface area contributed by atoms with Gasteiger partial charge in [0.2, 0.25) is 0 Å². The van der Waals surface area contributed by atoms with Crippen LogP contribution in [0.1, 0.15) is 22.4 Å². The van der Waals surface area contributed by atoms with Crippen LogP contribution >= 0.6 is 0 Å². The van der Waals surface area contributed by atoms with Crippen molar-refractivity contribution in [1.29, 1.82) is 0 Å². The van der Waals surface area contributed by atoms with Crippen molar-refractivity contribution >= 4 is 16.9 Å². The molecule has 6 nitrogen and oxygen atoms in total. The fourth-order valence-corrected chi connectivity index (χ4v) is 2.14. The van der Waals surface area contributed by atoms with E-state index < -0.39 is 11.9 Å². The van der Waals surface area contributed by atoms with Gasteiger partial charge in [0.1, 0.15) is 17.4 Å². The Labute approximate surface area is 125 Å². The molecule has 0 saturated heterocycles. The van der Waals surface area contributed by atoms with Crippen LogP contribution in [0.15, 0.2) is 62.4 Å². The Kier molecular flexibility index (Phi) is 3.76. The van der Waals surface area contributed by atoms with Crippen LogP contribution in [0.4, 0.5) is 0 Å². The number of amides is 1. The first-order valence-electron chi connectivity index (χ1n) is 6.67. The van der Waals surface area contributed by atoms with E-state index in [1.54, 1.807) is 36.4 Å². The molecule has 112 valence electrons. The van der Waals surface area contributed by atoms with Crippen LogP contribution in [0.2, 0.25) is 0 Å². The van der Waals surface area contributed by atoms with E-state index in [0.29, 0.717) is 16.7 Å². The van der Waals surface area contributed by atoms with Gasteiger partial charge >= 0.3 is 0 Å². The first-order chi connectivity index (χ1) is 10.7. The first kappa shape index (κ1) is 14.1. The summed E-state index contributed by atoms with van der Waals surface area (Å²) in [6.07, 6.45) is 1.44. The minimum absolute atomic E-state index is 0.117. The predicted molar refractivity (Wildman–Crippen MR) is 78.5 cm³/mol. The molecule has 1 aromatic carbocycles. The molecule has 0 radical (unpaired) electrons. The summed E-state index contributed by atoms with van der Waals surface area (Å²) in [7, 11) is 0. The van der Waals surface area contributed by atoms with Gasteiger partial charge < -0.3 is 19.3 Å². The minimum Gasteiger partial charge on any atom is -0.467 e. The topological polar surface area (TPSA) is 92.7 Å². The fraction of sp³-hybridized carbons (Fsp3) is 0.125. The van der Waals surface area contributed by atoms with Crippen molar-refractivity contribution in [3.8, 4) is 0 Å². The van der Waals surface area contributed by atoms with Gasteiger partial charge in [0.15, 0.2) is 11.2 Å². The van der Waals surface area contributed by atoms with Crippen LogP contribution in [0.3, 0.4) is 0 Å². The van der Waals surface area contributed by atoms with Gasteiger partial charge in [-0.3, -0.25) is 9.59 Å². The van der Waals surface area contributed by atoms with Crippen LogP contribution in [0.25, 0.3) is 11.0 Å². The van der Waals surface area contributed by atoms with Crippen molar-refractivity contribution in [2.24, 2.45) is 0 Å². The molecule has 2 heterocycles. The van der Waals surface area contributed by atoms with E-state index in [-0.39, 0.29) is 17.8 Å². The third kappa shape index (κ3) is 2.64. The SMILES string of the molecule is O=C(NC(CO)c1ccco1)c1cc(=O)c2ccccc2o1. The smallest absolute Gasteiger partial charge is 0.287 e. The van der Waals surface area contributed by atoms with Gasteiger partial charge in [-0.15, -0.1) is 0 Å². The second-order valence-corrected chi connectivity index (χ2v) is 4.70. The number of aliphatic hydroxyl groups is 1. The molecule has 2 aromatic heterocycles. The molecule has 0 bridgehead atoms. The number of aliphatic hydroxyl groups excluding tert-OH is 1. The number of fused-ring (bicyclic) bond motifs is 1. The molecule has 1 unspecified atom stereocenters. The number of hydrogen-bond donors (Lipinski definition) is 2. The van der Waals surface area contributed by atoms with E-state index >= 15 is 0 Å². The highest BCUT2D eigenvalue weighted by Crippen LogP contribution is 2.15. The van der Waals surface area contributed by atoms with Gasteiger partial charge in [-0.1, -0.05) is 12.1 Å². The molecule has 0 spiro atoms. The summed E-state index contributed by atoms with van der Waals surface area (Å²) in [6, 6.07) is 10.4. The van der Waals surface area contributed by atoms with E-state index in [9.17, 15) is 14.7 Å². The maximum absolute atomic E-state index is 12.2. The Hall–Kier alpha value is -2.86. The molecule has 3 aromatic rings. The molecule has 0 fully saturated rings. The molecule has 3 rings (SSSR count). The number of hydrogen-bond acceptors (Lipinski definition) is 5. The second kappa shape index (κ2) is 5.87. The van der Waals surface area contributed by atoms with E-state index in [1.165, 1.54) is 6.26 Å². The monoisotopic (exact) mass is 299 g/mol. The average molecular weight is 299 g/mol. The third-order valence-corrected chi connectivity index (χ3v) is 3.23. The summed E-state index contributed by atoms with van der Waals surface area (Å²) in [6.45, 7) is -0.336. The fourth-order valence-electron chi connectivity index (χ4n) is 2.14. The summed E-state index contributed by atoms with van der Waals surface area (Å²) < 4.78 is 10.6. The maximum Gasteiger partial charge on any atom is 0.287 e. The lowest BCUT2D eigenvalue weighted by molar-refractivity contribution is 0.0880. The molecule has 2 N–H and O–H groups in total. The zero-order chi connectivity index (χ0) is 15.5. The number of nitrogens with one attached hydrogen (secondary N) is 1. The largest absolute Gasteiger partial charge is 0.467 e. The van der Waals surface area contributed by atoms with Gasteiger partial charge in [0.05, 0.1) is 18.3 Å². The molecule has 1 amide bonds. The van der Waals surface area contributed by atoms with Gasteiger partial charge in [0, 0.05) is 6.07 Å². The van der Waals surface area contributed by atoms with Crippen LogP contribution < -0.4 is 10.7 Å². The number of benzene rings is 1. The summed E-state index contributed by atoms with van der Waals surface area (Å²) in [5.74, 6) is -0.300. The molecule has 0 aliphatic rings. The lowest BCUT2D eigenvalue weighted by Gasteiger charge is -2.13. The normalized spacial score (nSPS) is 12.2. The molecule has 0 aliphatic heterocycles. The second-order valence-electron chi connectivity index (χ2n) is 4.70. The Morgan fingerprint density at radius 2 is 2.05 bits per heavy atom. The van der Waals surface area contributed by atoms with E-state index in [1.807, 2.05) is 0 Å². The molecule has 6 heteroatoms. The van der Waals surface area contributed by atoms with E-state index in [4.69, 9.17) is 8.83 Å². The van der Waals surface area contributed by atoms with Gasteiger partial charge in [-0.05, 0) is 24.3 Å². The lowest BCUT2D eigenvalue weighted by atomic mass is 10.2. The first-order valence-corrected chi connectivity index (χ1v) is 6.67. The highest BCUT2D eigenvalue weighted by atomic mass is 16.3. The lowest BCUT2D eigenvalue weighted by Crippen LogP contribution is -2.31.